The van der Waals surface area contributed by atoms with Gasteiger partial charge in [0.2, 0.25) is 5.91 Å². The van der Waals surface area contributed by atoms with Gasteiger partial charge in [-0.2, -0.15) is 0 Å². The van der Waals surface area contributed by atoms with Crippen molar-refractivity contribution in [1.82, 2.24) is 9.55 Å². The number of carbonyl (C=O) groups excluding carboxylic acids is 1. The summed E-state index contributed by atoms with van der Waals surface area (Å²) in [5, 5.41) is 12.0. The van der Waals surface area contributed by atoms with Gasteiger partial charge < -0.3 is 19.7 Å². The van der Waals surface area contributed by atoms with Crippen molar-refractivity contribution in [3.8, 4) is 5.75 Å². The first kappa shape index (κ1) is 16.0. The number of hydrogen-bond acceptors (Lipinski definition) is 4. The number of imidazole rings is 1. The van der Waals surface area contributed by atoms with Crippen LogP contribution in [0.5, 0.6) is 5.75 Å². The van der Waals surface area contributed by atoms with Gasteiger partial charge in [-0.15, -0.1) is 0 Å². The van der Waals surface area contributed by atoms with E-state index in [2.05, 4.69) is 10.3 Å². The Kier molecular flexibility index (Phi) is 4.24. The Morgan fingerprint density at radius 2 is 2.04 bits per heavy atom. The van der Waals surface area contributed by atoms with Gasteiger partial charge in [0.05, 0.1) is 0 Å². The zero-order valence-corrected chi connectivity index (χ0v) is 13.4. The van der Waals surface area contributed by atoms with Gasteiger partial charge in [0, 0.05) is 25.1 Å². The minimum Gasteiger partial charge on any atom is -0.486 e. The van der Waals surface area contributed by atoms with Crippen molar-refractivity contribution in [2.45, 2.75) is 25.9 Å². The highest BCUT2D eigenvalue weighted by molar-refractivity contribution is 6.09. The molecule has 0 atom stereocenters. The second-order valence-electron chi connectivity index (χ2n) is 5.96. The molecule has 1 saturated carbocycles. The predicted molar refractivity (Wildman–Crippen MR) is 86.5 cm³/mol. The lowest BCUT2D eigenvalue weighted by Crippen LogP contribution is -2.48. The Labute approximate surface area is 139 Å². The van der Waals surface area contributed by atoms with Crippen molar-refractivity contribution >= 4 is 17.6 Å². The van der Waals surface area contributed by atoms with Crippen LogP contribution in [0, 0.1) is 5.41 Å². The van der Waals surface area contributed by atoms with Crippen LogP contribution in [-0.2, 0) is 23.2 Å². The Bertz CT molecular complexity index is 747. The Hall–Kier alpha value is -2.83. The fourth-order valence-electron chi connectivity index (χ4n) is 2.64. The van der Waals surface area contributed by atoms with E-state index in [4.69, 9.17) is 4.74 Å². The third kappa shape index (κ3) is 2.97. The number of aromatic nitrogens is 2. The predicted octanol–water partition coefficient (Wildman–Crippen LogP) is 2.19. The molecule has 0 spiro atoms. The molecular formula is C17H19N3O4. The Balaban J connectivity index is 1.59. The SMILES string of the molecule is Cn1ccnc1COc1ccc(NC(=O)C2(C(=O)O)CCC2)cc1. The van der Waals surface area contributed by atoms with Crippen LogP contribution in [0.3, 0.4) is 0 Å². The molecule has 0 unspecified atom stereocenters. The molecule has 1 fully saturated rings. The minimum absolute atomic E-state index is 0.345. The van der Waals surface area contributed by atoms with Gasteiger partial charge in [-0.1, -0.05) is 6.42 Å². The van der Waals surface area contributed by atoms with E-state index in [0.29, 0.717) is 30.9 Å². The topological polar surface area (TPSA) is 93.5 Å². The number of ether oxygens (including phenoxy) is 1. The summed E-state index contributed by atoms with van der Waals surface area (Å²) in [5.74, 6) is -0.0578. The summed E-state index contributed by atoms with van der Waals surface area (Å²) in [6, 6.07) is 6.85. The van der Waals surface area contributed by atoms with Crippen molar-refractivity contribution in [3.63, 3.8) is 0 Å². The molecule has 0 bridgehead atoms. The number of amides is 1. The van der Waals surface area contributed by atoms with E-state index in [1.54, 1.807) is 30.5 Å². The number of anilines is 1. The maximum Gasteiger partial charge on any atom is 0.319 e. The maximum absolute atomic E-state index is 12.2. The summed E-state index contributed by atoms with van der Waals surface area (Å²) in [6.45, 7) is 0.345. The highest BCUT2D eigenvalue weighted by atomic mass is 16.5. The zero-order valence-electron chi connectivity index (χ0n) is 13.4. The summed E-state index contributed by atoms with van der Waals surface area (Å²) < 4.78 is 7.51. The molecule has 7 heteroatoms. The van der Waals surface area contributed by atoms with Crippen LogP contribution in [0.25, 0.3) is 0 Å². The van der Waals surface area contributed by atoms with Crippen molar-refractivity contribution < 1.29 is 19.4 Å². The van der Waals surface area contributed by atoms with Crippen LogP contribution in [0.2, 0.25) is 0 Å². The van der Waals surface area contributed by atoms with Crippen molar-refractivity contribution in [2.24, 2.45) is 12.5 Å². The number of aliphatic carboxylic acids is 1. The number of benzene rings is 1. The van der Waals surface area contributed by atoms with E-state index in [-0.39, 0.29) is 0 Å². The third-order valence-electron chi connectivity index (χ3n) is 4.45. The molecule has 1 amide bonds. The van der Waals surface area contributed by atoms with E-state index in [0.717, 1.165) is 12.2 Å². The van der Waals surface area contributed by atoms with Crippen LogP contribution in [0.4, 0.5) is 5.69 Å². The van der Waals surface area contributed by atoms with Crippen molar-refractivity contribution in [2.75, 3.05) is 5.32 Å². The van der Waals surface area contributed by atoms with E-state index in [1.807, 2.05) is 17.8 Å². The summed E-state index contributed by atoms with van der Waals surface area (Å²) in [7, 11) is 1.89. The zero-order chi connectivity index (χ0) is 17.2. The monoisotopic (exact) mass is 329 g/mol. The van der Waals surface area contributed by atoms with Crippen LogP contribution >= 0.6 is 0 Å². The number of carbonyl (C=O) groups is 2. The number of aryl methyl sites for hydroxylation is 1. The van der Waals surface area contributed by atoms with Crippen LogP contribution in [-0.4, -0.2) is 26.5 Å². The molecule has 0 radical (unpaired) electrons. The van der Waals surface area contributed by atoms with Gasteiger partial charge in [-0.25, -0.2) is 4.98 Å². The molecule has 1 aliphatic rings. The highest BCUT2D eigenvalue weighted by Crippen LogP contribution is 2.42. The average Bonchev–Trinajstić information content (AvgIpc) is 2.90. The fraction of sp³-hybridized carbons (Fsp3) is 0.353. The number of hydrogen-bond donors (Lipinski definition) is 2. The summed E-state index contributed by atoms with van der Waals surface area (Å²) in [5.41, 5.74) is -0.718. The standard InChI is InChI=1S/C17H19N3O4/c1-20-10-9-18-14(20)11-24-13-5-3-12(4-6-13)19-15(21)17(16(22)23)7-2-8-17/h3-6,9-10H,2,7-8,11H2,1H3,(H,19,21)(H,22,23). The van der Waals surface area contributed by atoms with Crippen LogP contribution in [0.15, 0.2) is 36.7 Å². The third-order valence-corrected chi connectivity index (χ3v) is 4.45. The second-order valence-corrected chi connectivity index (χ2v) is 5.96. The second kappa shape index (κ2) is 6.35. The Morgan fingerprint density at radius 1 is 1.33 bits per heavy atom. The largest absolute Gasteiger partial charge is 0.486 e. The maximum atomic E-state index is 12.2. The molecule has 0 aliphatic heterocycles. The van der Waals surface area contributed by atoms with E-state index < -0.39 is 17.3 Å². The molecule has 1 heterocycles. The molecule has 2 aromatic rings. The van der Waals surface area contributed by atoms with E-state index in [9.17, 15) is 14.7 Å². The van der Waals surface area contributed by atoms with Gasteiger partial charge in [0.1, 0.15) is 23.6 Å². The minimum atomic E-state index is -1.27. The van der Waals surface area contributed by atoms with Gasteiger partial charge in [-0.3, -0.25) is 9.59 Å². The first-order valence-electron chi connectivity index (χ1n) is 7.75. The number of rotatable bonds is 6. The number of carboxylic acids is 1. The first-order chi connectivity index (χ1) is 11.5. The van der Waals surface area contributed by atoms with E-state index >= 15 is 0 Å². The smallest absolute Gasteiger partial charge is 0.319 e. The quantitative estimate of drug-likeness (QED) is 0.792. The van der Waals surface area contributed by atoms with Crippen molar-refractivity contribution in [1.29, 1.82) is 0 Å². The molecule has 1 aromatic heterocycles. The van der Waals surface area contributed by atoms with Gasteiger partial charge in [0.15, 0.2) is 0 Å². The highest BCUT2D eigenvalue weighted by Gasteiger charge is 2.51. The molecule has 1 aromatic carbocycles. The lowest BCUT2D eigenvalue weighted by molar-refractivity contribution is -0.159. The number of nitrogens with zero attached hydrogens (tertiary/aromatic N) is 2. The summed E-state index contributed by atoms with van der Waals surface area (Å²) in [4.78, 5) is 27.7. The van der Waals surface area contributed by atoms with Gasteiger partial charge in [-0.05, 0) is 37.1 Å². The van der Waals surface area contributed by atoms with Gasteiger partial charge in [0.25, 0.3) is 0 Å². The summed E-state index contributed by atoms with van der Waals surface area (Å²) in [6.07, 6.45) is 5.09. The lowest BCUT2D eigenvalue weighted by Gasteiger charge is -2.35. The summed E-state index contributed by atoms with van der Waals surface area (Å²) >= 11 is 0. The lowest BCUT2D eigenvalue weighted by atomic mass is 9.68. The molecule has 7 nitrogen and oxygen atoms in total. The molecule has 126 valence electrons. The molecule has 3 rings (SSSR count). The first-order valence-corrected chi connectivity index (χ1v) is 7.75. The van der Waals surface area contributed by atoms with Crippen LogP contribution in [0.1, 0.15) is 25.1 Å². The van der Waals surface area contributed by atoms with Gasteiger partial charge >= 0.3 is 5.97 Å². The molecule has 24 heavy (non-hydrogen) atoms. The molecule has 1 aliphatic carbocycles. The fourth-order valence-corrected chi connectivity index (χ4v) is 2.64. The van der Waals surface area contributed by atoms with E-state index in [1.165, 1.54) is 0 Å². The number of nitrogens with one attached hydrogen (secondary N) is 1. The average molecular weight is 329 g/mol. The molecule has 0 saturated heterocycles. The van der Waals surface area contributed by atoms with Crippen molar-refractivity contribution in [3.05, 3.63) is 42.5 Å². The van der Waals surface area contributed by atoms with Crippen LogP contribution < -0.4 is 10.1 Å². The Morgan fingerprint density at radius 3 is 2.54 bits per heavy atom. The molecule has 2 N–H and O–H groups in total. The number of carboxylic acid groups (broad SMARTS) is 1. The molecular weight excluding hydrogens is 310 g/mol. The normalized spacial score (nSPS) is 15.4.